The van der Waals surface area contributed by atoms with Crippen molar-refractivity contribution in [3.8, 4) is 0 Å². The molecule has 0 fully saturated rings. The molecule has 0 aliphatic rings. The molecule has 94 valence electrons. The Bertz CT molecular complexity index is 533. The summed E-state index contributed by atoms with van der Waals surface area (Å²) in [4.78, 5) is 15.0. The van der Waals surface area contributed by atoms with Gasteiger partial charge in [-0.1, -0.05) is 0 Å². The molecular formula is C10H7F3N4O. The van der Waals surface area contributed by atoms with Gasteiger partial charge in [-0.2, -0.15) is 18.3 Å². The quantitative estimate of drug-likeness (QED) is 0.864. The average molecular weight is 256 g/mol. The van der Waals surface area contributed by atoms with Crippen LogP contribution >= 0.6 is 0 Å². The van der Waals surface area contributed by atoms with Crippen molar-refractivity contribution < 1.29 is 18.0 Å². The number of nitrogens with one attached hydrogen (secondary N) is 2. The van der Waals surface area contributed by atoms with Crippen molar-refractivity contribution in [3.63, 3.8) is 0 Å². The second kappa shape index (κ2) is 4.47. The molecule has 2 N–H and O–H groups in total. The lowest BCUT2D eigenvalue weighted by atomic mass is 10.2. The highest BCUT2D eigenvalue weighted by Crippen LogP contribution is 2.28. The Labute approximate surface area is 99.0 Å². The van der Waals surface area contributed by atoms with E-state index >= 15 is 0 Å². The van der Waals surface area contributed by atoms with Crippen LogP contribution in [0.25, 0.3) is 0 Å². The minimum Gasteiger partial charge on any atom is -0.306 e. The van der Waals surface area contributed by atoms with Gasteiger partial charge in [0, 0.05) is 12.3 Å². The molecule has 1 amide bonds. The molecule has 0 spiro atoms. The molecule has 0 aromatic carbocycles. The maximum Gasteiger partial charge on any atom is 0.417 e. The van der Waals surface area contributed by atoms with Gasteiger partial charge in [0.15, 0.2) is 0 Å². The molecule has 0 saturated heterocycles. The van der Waals surface area contributed by atoms with Crippen LogP contribution in [0, 0.1) is 0 Å². The Morgan fingerprint density at radius 1 is 1.28 bits per heavy atom. The molecule has 0 unspecified atom stereocenters. The Morgan fingerprint density at radius 3 is 2.56 bits per heavy atom. The Morgan fingerprint density at radius 2 is 2.06 bits per heavy atom. The molecule has 2 aromatic rings. The number of hydrogen-bond donors (Lipinski definition) is 2. The van der Waals surface area contributed by atoms with Crippen molar-refractivity contribution in [2.45, 2.75) is 6.18 Å². The first-order valence-electron chi connectivity index (χ1n) is 4.81. The summed E-state index contributed by atoms with van der Waals surface area (Å²) < 4.78 is 36.8. The van der Waals surface area contributed by atoms with E-state index in [0.29, 0.717) is 12.0 Å². The fourth-order valence-corrected chi connectivity index (χ4v) is 1.21. The predicted octanol–water partition coefficient (Wildman–Crippen LogP) is 2.08. The minimum absolute atomic E-state index is 0.113. The van der Waals surface area contributed by atoms with E-state index in [0.717, 1.165) is 12.1 Å². The number of halogens is 3. The van der Waals surface area contributed by atoms with Gasteiger partial charge in [-0.15, -0.1) is 0 Å². The zero-order valence-electron chi connectivity index (χ0n) is 8.82. The van der Waals surface area contributed by atoms with Crippen molar-refractivity contribution in [1.82, 2.24) is 15.2 Å². The van der Waals surface area contributed by atoms with E-state index in [2.05, 4.69) is 20.5 Å². The number of pyridine rings is 1. The monoisotopic (exact) mass is 256 g/mol. The molecule has 0 aliphatic heterocycles. The first kappa shape index (κ1) is 12.1. The first-order chi connectivity index (χ1) is 8.47. The van der Waals surface area contributed by atoms with Gasteiger partial charge in [-0.3, -0.25) is 14.9 Å². The number of anilines is 1. The fourth-order valence-electron chi connectivity index (χ4n) is 1.21. The van der Waals surface area contributed by atoms with Crippen molar-refractivity contribution in [2.75, 3.05) is 5.32 Å². The third-order valence-corrected chi connectivity index (χ3v) is 2.07. The second-order valence-electron chi connectivity index (χ2n) is 3.35. The molecule has 0 radical (unpaired) electrons. The molecule has 0 saturated carbocycles. The molecule has 0 bridgehead atoms. The third kappa shape index (κ3) is 2.65. The fraction of sp³-hybridized carbons (Fsp3) is 0.100. The number of carbonyl (C=O) groups excluding carboxylic acids is 1. The lowest BCUT2D eigenvalue weighted by molar-refractivity contribution is -0.137. The molecule has 2 rings (SSSR count). The molecule has 2 heterocycles. The van der Waals surface area contributed by atoms with Crippen LogP contribution in [0.4, 0.5) is 19.0 Å². The van der Waals surface area contributed by atoms with Gasteiger partial charge in [0.1, 0.15) is 11.5 Å². The summed E-state index contributed by atoms with van der Waals surface area (Å²) in [6, 6.07) is 3.31. The molecule has 8 heteroatoms. The number of alkyl halides is 3. The number of rotatable bonds is 2. The van der Waals surface area contributed by atoms with Crippen LogP contribution in [-0.2, 0) is 6.18 Å². The topological polar surface area (TPSA) is 70.7 Å². The number of amides is 1. The Hall–Kier alpha value is -2.38. The lowest BCUT2D eigenvalue weighted by Gasteiger charge is -2.06. The largest absolute Gasteiger partial charge is 0.417 e. The minimum atomic E-state index is -4.47. The van der Waals surface area contributed by atoms with Crippen LogP contribution in [0.5, 0.6) is 0 Å². The summed E-state index contributed by atoms with van der Waals surface area (Å²) >= 11 is 0. The summed E-state index contributed by atoms with van der Waals surface area (Å²) in [7, 11) is 0. The predicted molar refractivity (Wildman–Crippen MR) is 55.8 cm³/mol. The summed E-state index contributed by atoms with van der Waals surface area (Å²) in [5.41, 5.74) is -1.02. The zero-order chi connectivity index (χ0) is 13.2. The number of aromatic amines is 1. The second-order valence-corrected chi connectivity index (χ2v) is 3.35. The number of hydrogen-bond acceptors (Lipinski definition) is 3. The van der Waals surface area contributed by atoms with E-state index in [1.807, 2.05) is 0 Å². The van der Waals surface area contributed by atoms with Gasteiger partial charge < -0.3 is 5.32 Å². The van der Waals surface area contributed by atoms with Crippen LogP contribution in [0.3, 0.4) is 0 Å². The average Bonchev–Trinajstić information content (AvgIpc) is 2.81. The van der Waals surface area contributed by atoms with Gasteiger partial charge in [0.05, 0.1) is 11.8 Å². The smallest absolute Gasteiger partial charge is 0.306 e. The van der Waals surface area contributed by atoms with E-state index in [-0.39, 0.29) is 5.69 Å². The van der Waals surface area contributed by atoms with Gasteiger partial charge in [-0.05, 0) is 12.1 Å². The lowest BCUT2D eigenvalue weighted by Crippen LogP contribution is -2.15. The molecule has 0 atom stereocenters. The summed E-state index contributed by atoms with van der Waals surface area (Å²) in [5, 5.41) is 8.49. The zero-order valence-corrected chi connectivity index (χ0v) is 8.82. The highest BCUT2D eigenvalue weighted by atomic mass is 19.4. The van der Waals surface area contributed by atoms with Crippen LogP contribution in [0.15, 0.2) is 30.6 Å². The number of carbonyl (C=O) groups is 1. The summed E-state index contributed by atoms with van der Waals surface area (Å²) in [5.74, 6) is -0.283. The van der Waals surface area contributed by atoms with Crippen LogP contribution in [0.1, 0.15) is 16.1 Å². The molecule has 5 nitrogen and oxygen atoms in total. The third-order valence-electron chi connectivity index (χ3n) is 2.07. The Kier molecular flexibility index (Phi) is 3.00. The maximum absolute atomic E-state index is 12.3. The number of H-pyrrole nitrogens is 1. The van der Waals surface area contributed by atoms with E-state index < -0.39 is 17.6 Å². The van der Waals surface area contributed by atoms with Crippen LogP contribution < -0.4 is 5.32 Å². The van der Waals surface area contributed by atoms with Crippen molar-refractivity contribution >= 4 is 11.7 Å². The molecule has 2 aromatic heterocycles. The first-order valence-corrected chi connectivity index (χ1v) is 4.81. The highest BCUT2D eigenvalue weighted by molar-refractivity contribution is 6.02. The Balaban J connectivity index is 2.12. The SMILES string of the molecule is O=C(Nc1ccn[nH]1)c1ccc(C(F)(F)F)cn1. The van der Waals surface area contributed by atoms with E-state index in [1.165, 1.54) is 12.3 Å². The molecule has 0 aliphatic carbocycles. The van der Waals surface area contributed by atoms with Crippen LogP contribution in [0.2, 0.25) is 0 Å². The van der Waals surface area contributed by atoms with E-state index in [1.54, 1.807) is 0 Å². The number of aromatic nitrogens is 3. The van der Waals surface area contributed by atoms with Gasteiger partial charge >= 0.3 is 6.18 Å². The molecular weight excluding hydrogens is 249 g/mol. The van der Waals surface area contributed by atoms with Gasteiger partial charge in [0.2, 0.25) is 0 Å². The van der Waals surface area contributed by atoms with Gasteiger partial charge in [0.25, 0.3) is 5.91 Å². The molecule has 18 heavy (non-hydrogen) atoms. The normalized spacial score (nSPS) is 11.3. The van der Waals surface area contributed by atoms with Crippen molar-refractivity contribution in [2.24, 2.45) is 0 Å². The van der Waals surface area contributed by atoms with E-state index in [9.17, 15) is 18.0 Å². The number of nitrogens with zero attached hydrogens (tertiary/aromatic N) is 2. The van der Waals surface area contributed by atoms with E-state index in [4.69, 9.17) is 0 Å². The van der Waals surface area contributed by atoms with Crippen molar-refractivity contribution in [1.29, 1.82) is 0 Å². The highest BCUT2D eigenvalue weighted by Gasteiger charge is 2.30. The summed E-state index contributed by atoms with van der Waals surface area (Å²) in [6.45, 7) is 0. The van der Waals surface area contributed by atoms with Gasteiger partial charge in [-0.25, -0.2) is 0 Å². The maximum atomic E-state index is 12.3. The summed E-state index contributed by atoms with van der Waals surface area (Å²) in [6.07, 6.45) is -2.43. The van der Waals surface area contributed by atoms with Crippen LogP contribution in [-0.4, -0.2) is 21.1 Å². The van der Waals surface area contributed by atoms with Crippen molar-refractivity contribution in [3.05, 3.63) is 41.9 Å². The standard InChI is InChI=1S/C10H7F3N4O/c11-10(12,13)6-1-2-7(14-5-6)9(18)16-8-3-4-15-17-8/h1-5H,(H2,15,16,17,18).